The fourth-order valence-electron chi connectivity index (χ4n) is 3.30. The van der Waals surface area contributed by atoms with Gasteiger partial charge in [0.15, 0.2) is 5.75 Å². The van der Waals surface area contributed by atoms with E-state index in [9.17, 15) is 9.59 Å². The molecule has 0 unspecified atom stereocenters. The highest BCUT2D eigenvalue weighted by Gasteiger charge is 2.23. The first-order chi connectivity index (χ1) is 14.2. The van der Waals surface area contributed by atoms with Crippen molar-refractivity contribution in [3.05, 3.63) is 47.5 Å². The number of hydrogen-bond donors (Lipinski definition) is 0. The van der Waals surface area contributed by atoms with Crippen LogP contribution in [-0.4, -0.2) is 24.5 Å². The average Bonchev–Trinajstić information content (AvgIpc) is 2.63. The number of fused-ring (bicyclic) bond motifs is 2. The smallest absolute Gasteiger partial charge is 0.431 e. The van der Waals surface area contributed by atoms with E-state index in [0.29, 0.717) is 33.0 Å². The number of rotatable bonds is 4. The van der Waals surface area contributed by atoms with Gasteiger partial charge in [0.25, 0.3) is 0 Å². The van der Waals surface area contributed by atoms with Crippen LogP contribution < -0.4 is 9.47 Å². The lowest BCUT2D eigenvalue weighted by molar-refractivity contribution is 0.0719. The molecule has 0 spiro atoms. The molecule has 158 valence electrons. The molecular weight excluding hydrogens is 384 g/mol. The predicted molar refractivity (Wildman–Crippen MR) is 115 cm³/mol. The molecule has 0 aromatic heterocycles. The van der Waals surface area contributed by atoms with Crippen molar-refractivity contribution in [1.29, 1.82) is 0 Å². The zero-order valence-corrected chi connectivity index (χ0v) is 18.1. The van der Waals surface area contributed by atoms with Gasteiger partial charge in [-0.3, -0.25) is 0 Å². The molecule has 0 heterocycles. The molecule has 6 nitrogen and oxygen atoms in total. The lowest BCUT2D eigenvalue weighted by Crippen LogP contribution is -2.17. The first kappa shape index (κ1) is 21.4. The minimum Gasteiger partial charge on any atom is -0.431 e. The van der Waals surface area contributed by atoms with Crippen LogP contribution in [0.25, 0.3) is 21.5 Å². The van der Waals surface area contributed by atoms with Gasteiger partial charge >= 0.3 is 12.3 Å². The van der Waals surface area contributed by atoms with Crippen molar-refractivity contribution in [3.8, 4) is 11.5 Å². The summed E-state index contributed by atoms with van der Waals surface area (Å²) in [7, 11) is 0. The summed E-state index contributed by atoms with van der Waals surface area (Å²) in [6.45, 7) is 10.8. The highest BCUT2D eigenvalue weighted by atomic mass is 16.7. The van der Waals surface area contributed by atoms with Gasteiger partial charge in [0, 0.05) is 21.5 Å². The summed E-state index contributed by atoms with van der Waals surface area (Å²) in [5.41, 5.74) is 1.83. The van der Waals surface area contributed by atoms with E-state index >= 15 is 0 Å². The number of aryl methyl sites for hydroxylation is 2. The van der Waals surface area contributed by atoms with Crippen LogP contribution in [0.4, 0.5) is 9.59 Å². The number of ether oxygens (including phenoxy) is 4. The molecule has 0 bridgehead atoms. The second-order valence-corrected chi connectivity index (χ2v) is 7.74. The lowest BCUT2D eigenvalue weighted by Gasteiger charge is -2.18. The molecule has 3 rings (SSSR count). The van der Waals surface area contributed by atoms with Crippen LogP contribution in [0.5, 0.6) is 11.5 Å². The van der Waals surface area contributed by atoms with Gasteiger partial charge in [-0.2, -0.15) is 0 Å². The van der Waals surface area contributed by atoms with Crippen molar-refractivity contribution in [2.24, 2.45) is 0 Å². The maximum Gasteiger partial charge on any atom is 0.514 e. The Morgan fingerprint density at radius 3 is 1.93 bits per heavy atom. The zero-order valence-electron chi connectivity index (χ0n) is 18.1. The second-order valence-electron chi connectivity index (χ2n) is 7.74. The number of hydrogen-bond acceptors (Lipinski definition) is 6. The van der Waals surface area contributed by atoms with Gasteiger partial charge in [-0.15, -0.1) is 0 Å². The topological polar surface area (TPSA) is 71.1 Å². The Morgan fingerprint density at radius 2 is 1.33 bits per heavy atom. The van der Waals surface area contributed by atoms with E-state index < -0.39 is 12.3 Å². The van der Waals surface area contributed by atoms with E-state index in [1.165, 1.54) is 0 Å². The van der Waals surface area contributed by atoms with Crippen LogP contribution in [0.3, 0.4) is 0 Å². The van der Waals surface area contributed by atoms with Crippen molar-refractivity contribution < 1.29 is 28.5 Å². The van der Waals surface area contributed by atoms with E-state index in [1.807, 2.05) is 50.2 Å². The van der Waals surface area contributed by atoms with E-state index in [2.05, 4.69) is 0 Å². The molecular formula is C24H26O6. The van der Waals surface area contributed by atoms with Gasteiger partial charge in [0.2, 0.25) is 0 Å². The SMILES string of the molecule is Cc1ccc2c(OC(=O)OC(C)C)c3c(C)cccc3c(OC(=O)OC(C)C)c2c1. The lowest BCUT2D eigenvalue weighted by atomic mass is 9.96. The number of carbonyl (C=O) groups excluding carboxylic acids is 2. The zero-order chi connectivity index (χ0) is 22.0. The standard InChI is InChI=1S/C24H26O6/c1-13(2)27-23(25)29-21-18-9-7-8-16(6)20(18)22(30-24(26)28-14(3)4)17-11-10-15(5)12-19(17)21/h7-14H,1-6H3. The summed E-state index contributed by atoms with van der Waals surface area (Å²) in [4.78, 5) is 24.6. The molecule has 0 saturated carbocycles. The molecule has 0 amide bonds. The molecule has 0 aliphatic heterocycles. The Bertz CT molecular complexity index is 1110. The minimum absolute atomic E-state index is 0.313. The monoisotopic (exact) mass is 410 g/mol. The van der Waals surface area contributed by atoms with Crippen molar-refractivity contribution in [2.75, 3.05) is 0 Å². The third-order valence-corrected chi connectivity index (χ3v) is 4.44. The third kappa shape index (κ3) is 4.48. The van der Waals surface area contributed by atoms with Gasteiger partial charge < -0.3 is 18.9 Å². The van der Waals surface area contributed by atoms with Crippen LogP contribution in [-0.2, 0) is 9.47 Å². The van der Waals surface area contributed by atoms with Crippen molar-refractivity contribution in [2.45, 2.75) is 53.8 Å². The van der Waals surface area contributed by atoms with Crippen molar-refractivity contribution >= 4 is 33.9 Å². The molecule has 0 N–H and O–H groups in total. The van der Waals surface area contributed by atoms with Crippen LogP contribution in [0.15, 0.2) is 36.4 Å². The molecule has 0 aliphatic rings. The number of carbonyl (C=O) groups is 2. The quantitative estimate of drug-likeness (QED) is 0.279. The Labute approximate surface area is 175 Å². The fourth-order valence-corrected chi connectivity index (χ4v) is 3.30. The van der Waals surface area contributed by atoms with E-state index in [0.717, 1.165) is 11.1 Å². The summed E-state index contributed by atoms with van der Waals surface area (Å²) in [6.07, 6.45) is -2.20. The van der Waals surface area contributed by atoms with Crippen LogP contribution in [0.2, 0.25) is 0 Å². The van der Waals surface area contributed by atoms with Gasteiger partial charge in [0.05, 0.1) is 12.2 Å². The highest BCUT2D eigenvalue weighted by molar-refractivity contribution is 6.13. The Hall–Kier alpha value is -3.28. The van der Waals surface area contributed by atoms with E-state index in [-0.39, 0.29) is 12.2 Å². The molecule has 3 aromatic rings. The first-order valence-corrected chi connectivity index (χ1v) is 9.90. The molecule has 0 aliphatic carbocycles. The van der Waals surface area contributed by atoms with Gasteiger partial charge in [-0.05, 0) is 53.2 Å². The first-order valence-electron chi connectivity index (χ1n) is 9.90. The largest absolute Gasteiger partial charge is 0.514 e. The van der Waals surface area contributed by atoms with E-state index in [1.54, 1.807) is 27.7 Å². The molecule has 0 atom stereocenters. The molecule has 3 aromatic carbocycles. The van der Waals surface area contributed by atoms with Crippen LogP contribution in [0, 0.1) is 13.8 Å². The molecule has 30 heavy (non-hydrogen) atoms. The second kappa shape index (κ2) is 8.61. The van der Waals surface area contributed by atoms with Crippen LogP contribution >= 0.6 is 0 Å². The van der Waals surface area contributed by atoms with Crippen LogP contribution in [0.1, 0.15) is 38.8 Å². The maximum atomic E-state index is 12.3. The summed E-state index contributed by atoms with van der Waals surface area (Å²) in [5.74, 6) is 0.732. The predicted octanol–water partition coefficient (Wildman–Crippen LogP) is 6.46. The fraction of sp³-hybridized carbons (Fsp3) is 0.333. The summed E-state index contributed by atoms with van der Waals surface area (Å²) in [6, 6.07) is 11.2. The average molecular weight is 410 g/mol. The molecule has 0 fully saturated rings. The normalized spacial score (nSPS) is 11.2. The Balaban J connectivity index is 2.29. The van der Waals surface area contributed by atoms with E-state index in [4.69, 9.17) is 18.9 Å². The molecule has 0 radical (unpaired) electrons. The highest BCUT2D eigenvalue weighted by Crippen LogP contribution is 2.44. The maximum absolute atomic E-state index is 12.3. The third-order valence-electron chi connectivity index (χ3n) is 4.44. The Morgan fingerprint density at radius 1 is 0.733 bits per heavy atom. The Kier molecular flexibility index (Phi) is 6.15. The van der Waals surface area contributed by atoms with Gasteiger partial charge in [0.1, 0.15) is 5.75 Å². The minimum atomic E-state index is -0.788. The van der Waals surface area contributed by atoms with Crippen molar-refractivity contribution in [1.82, 2.24) is 0 Å². The van der Waals surface area contributed by atoms with Gasteiger partial charge in [-0.25, -0.2) is 9.59 Å². The summed E-state index contributed by atoms with van der Waals surface area (Å²) < 4.78 is 21.7. The number of benzene rings is 3. The molecule has 0 saturated heterocycles. The van der Waals surface area contributed by atoms with Crippen molar-refractivity contribution in [3.63, 3.8) is 0 Å². The summed E-state index contributed by atoms with van der Waals surface area (Å²) >= 11 is 0. The van der Waals surface area contributed by atoms with Gasteiger partial charge in [-0.1, -0.05) is 35.9 Å². The molecule has 6 heteroatoms. The summed E-state index contributed by atoms with van der Waals surface area (Å²) in [5, 5.41) is 2.58.